The third-order valence-corrected chi connectivity index (χ3v) is 4.43. The predicted octanol–water partition coefficient (Wildman–Crippen LogP) is 1.87. The summed E-state index contributed by atoms with van der Waals surface area (Å²) in [4.78, 5) is 28.2. The summed E-state index contributed by atoms with van der Waals surface area (Å²) in [5.74, 6) is -0.592. The highest BCUT2D eigenvalue weighted by molar-refractivity contribution is 6.09. The van der Waals surface area contributed by atoms with Crippen LogP contribution in [0.2, 0.25) is 0 Å². The van der Waals surface area contributed by atoms with Gasteiger partial charge in [-0.15, -0.1) is 0 Å². The van der Waals surface area contributed by atoms with Gasteiger partial charge in [-0.05, 0) is 25.0 Å². The Morgan fingerprint density at radius 2 is 1.24 bits per heavy atom. The molecular formula is C19H20N2O4. The molecule has 2 N–H and O–H groups in total. The molecule has 1 aliphatic heterocycles. The van der Waals surface area contributed by atoms with E-state index in [1.54, 1.807) is 48.5 Å². The number of aliphatic hydroxyl groups is 2. The summed E-state index contributed by atoms with van der Waals surface area (Å²) in [6, 6.07) is 16.9. The van der Waals surface area contributed by atoms with E-state index < -0.39 is 29.9 Å². The lowest BCUT2D eigenvalue weighted by Crippen LogP contribution is -2.51. The number of hydrogen-bond donors (Lipinski definition) is 2. The summed E-state index contributed by atoms with van der Waals surface area (Å²) >= 11 is 0. The minimum absolute atomic E-state index is 0.545. The molecule has 3 amide bonds. The van der Waals surface area contributed by atoms with Gasteiger partial charge in [0.05, 0.1) is 0 Å². The van der Waals surface area contributed by atoms with E-state index in [9.17, 15) is 19.8 Å². The first-order valence-electron chi connectivity index (χ1n) is 8.06. The number of nitrogens with zero attached hydrogens (tertiary/aromatic N) is 2. The van der Waals surface area contributed by atoms with Gasteiger partial charge < -0.3 is 10.2 Å². The molecule has 2 atom stereocenters. The lowest BCUT2D eigenvalue weighted by molar-refractivity contribution is -0.139. The Hall–Kier alpha value is -2.70. The van der Waals surface area contributed by atoms with Crippen LogP contribution in [0.15, 0.2) is 60.7 Å². The monoisotopic (exact) mass is 340 g/mol. The molecule has 1 fully saturated rings. The van der Waals surface area contributed by atoms with Crippen LogP contribution in [0.25, 0.3) is 0 Å². The number of hydrogen-bond acceptors (Lipinski definition) is 4. The van der Waals surface area contributed by atoms with Crippen molar-refractivity contribution in [2.24, 2.45) is 0 Å². The van der Waals surface area contributed by atoms with Crippen molar-refractivity contribution < 1.29 is 19.8 Å². The molecule has 1 aliphatic rings. The average molecular weight is 340 g/mol. The van der Waals surface area contributed by atoms with Crippen molar-refractivity contribution in [3.05, 3.63) is 71.8 Å². The van der Waals surface area contributed by atoms with Gasteiger partial charge in [0, 0.05) is 0 Å². The first kappa shape index (κ1) is 17.1. The maximum absolute atomic E-state index is 13.4. The van der Waals surface area contributed by atoms with Crippen LogP contribution < -0.4 is 0 Å². The van der Waals surface area contributed by atoms with E-state index in [1.807, 2.05) is 12.1 Å². The van der Waals surface area contributed by atoms with E-state index in [1.165, 1.54) is 13.8 Å². The summed E-state index contributed by atoms with van der Waals surface area (Å²) < 4.78 is 0. The number of rotatable bonds is 4. The zero-order valence-corrected chi connectivity index (χ0v) is 14.0. The molecule has 1 saturated heterocycles. The molecule has 1 heterocycles. The van der Waals surface area contributed by atoms with Crippen LogP contribution in [0, 0.1) is 0 Å². The van der Waals surface area contributed by atoms with Gasteiger partial charge in [-0.1, -0.05) is 60.7 Å². The molecule has 2 aromatic carbocycles. The molecule has 0 aromatic heterocycles. The Morgan fingerprint density at radius 3 is 1.60 bits per heavy atom. The van der Waals surface area contributed by atoms with Gasteiger partial charge in [0.15, 0.2) is 5.54 Å². The van der Waals surface area contributed by atoms with Crippen molar-refractivity contribution in [3.8, 4) is 0 Å². The number of imide groups is 1. The fraction of sp³-hybridized carbons (Fsp3) is 0.263. The Kier molecular flexibility index (Phi) is 4.32. The predicted molar refractivity (Wildman–Crippen MR) is 91.1 cm³/mol. The normalized spacial score (nSPS) is 19.2. The van der Waals surface area contributed by atoms with E-state index in [0.717, 1.165) is 9.80 Å². The average Bonchev–Trinajstić information content (AvgIpc) is 2.84. The van der Waals surface area contributed by atoms with Gasteiger partial charge in [-0.2, -0.15) is 0 Å². The van der Waals surface area contributed by atoms with Crippen LogP contribution in [0.1, 0.15) is 25.0 Å². The van der Waals surface area contributed by atoms with Gasteiger partial charge in [0.25, 0.3) is 5.91 Å². The molecule has 6 heteroatoms. The molecule has 0 bridgehead atoms. The zero-order chi connectivity index (χ0) is 18.2. The van der Waals surface area contributed by atoms with E-state index in [2.05, 4.69) is 0 Å². The van der Waals surface area contributed by atoms with Crippen molar-refractivity contribution in [3.63, 3.8) is 0 Å². The van der Waals surface area contributed by atoms with Crippen molar-refractivity contribution in [1.29, 1.82) is 0 Å². The lowest BCUT2D eigenvalue weighted by atomic mass is 9.81. The van der Waals surface area contributed by atoms with Crippen molar-refractivity contribution in [2.75, 3.05) is 0 Å². The summed E-state index contributed by atoms with van der Waals surface area (Å²) in [5, 5.41) is 20.3. The fourth-order valence-corrected chi connectivity index (χ4v) is 3.44. The van der Waals surface area contributed by atoms with Crippen LogP contribution in [-0.2, 0) is 10.3 Å². The number of carbonyl (C=O) groups is 2. The summed E-state index contributed by atoms with van der Waals surface area (Å²) in [6.07, 6.45) is -2.55. The van der Waals surface area contributed by atoms with Crippen LogP contribution in [0.3, 0.4) is 0 Å². The lowest BCUT2D eigenvalue weighted by Gasteiger charge is -2.37. The molecule has 130 valence electrons. The summed E-state index contributed by atoms with van der Waals surface area (Å²) in [7, 11) is 0. The minimum atomic E-state index is -1.54. The molecule has 0 saturated carbocycles. The molecule has 25 heavy (non-hydrogen) atoms. The van der Waals surface area contributed by atoms with Crippen LogP contribution in [-0.4, -0.2) is 44.4 Å². The van der Waals surface area contributed by atoms with Crippen LogP contribution in [0.4, 0.5) is 4.79 Å². The van der Waals surface area contributed by atoms with Crippen molar-refractivity contribution >= 4 is 11.9 Å². The fourth-order valence-electron chi connectivity index (χ4n) is 3.44. The highest BCUT2D eigenvalue weighted by atomic mass is 16.3. The van der Waals surface area contributed by atoms with Gasteiger partial charge in [-0.3, -0.25) is 9.69 Å². The largest absolute Gasteiger partial charge is 0.374 e. The number of benzene rings is 2. The quantitative estimate of drug-likeness (QED) is 0.833. The number of carbonyl (C=O) groups excluding carboxylic acids is 2. The zero-order valence-electron chi connectivity index (χ0n) is 14.0. The Bertz CT molecular complexity index is 735. The van der Waals surface area contributed by atoms with E-state index >= 15 is 0 Å². The SMILES string of the molecule is CC(O)N1C(=O)N(C(C)O)C(c2ccccc2)(c2ccccc2)C1=O. The van der Waals surface area contributed by atoms with E-state index in [-0.39, 0.29) is 0 Å². The van der Waals surface area contributed by atoms with Gasteiger partial charge in [0.1, 0.15) is 12.5 Å². The second-order valence-corrected chi connectivity index (χ2v) is 6.03. The topological polar surface area (TPSA) is 81.1 Å². The van der Waals surface area contributed by atoms with Crippen LogP contribution >= 0.6 is 0 Å². The molecule has 6 nitrogen and oxygen atoms in total. The first-order chi connectivity index (χ1) is 11.9. The van der Waals surface area contributed by atoms with Crippen molar-refractivity contribution in [2.45, 2.75) is 31.8 Å². The standard InChI is InChI=1S/C19H20N2O4/c1-13(22)20-17(24)19(15-9-5-3-6-10-15,16-11-7-4-8-12-16)21(14(2)23)18(20)25/h3-14,22-23H,1-2H3. The number of amides is 3. The van der Waals surface area contributed by atoms with Crippen molar-refractivity contribution in [1.82, 2.24) is 9.80 Å². The third-order valence-electron chi connectivity index (χ3n) is 4.43. The highest BCUT2D eigenvalue weighted by Gasteiger charge is 2.61. The van der Waals surface area contributed by atoms with Crippen LogP contribution in [0.5, 0.6) is 0 Å². The Morgan fingerprint density at radius 1 is 0.800 bits per heavy atom. The number of aliphatic hydroxyl groups excluding tert-OH is 2. The third kappa shape index (κ3) is 2.42. The Balaban J connectivity index is 2.36. The van der Waals surface area contributed by atoms with E-state index in [0.29, 0.717) is 11.1 Å². The maximum Gasteiger partial charge on any atom is 0.332 e. The molecule has 0 spiro atoms. The number of urea groups is 1. The molecule has 0 aliphatic carbocycles. The molecule has 2 aromatic rings. The van der Waals surface area contributed by atoms with Gasteiger partial charge >= 0.3 is 6.03 Å². The molecule has 0 radical (unpaired) electrons. The Labute approximate surface area is 145 Å². The molecule has 2 unspecified atom stereocenters. The second kappa shape index (κ2) is 6.31. The summed E-state index contributed by atoms with van der Waals surface area (Å²) in [6.45, 7) is 2.78. The van der Waals surface area contributed by atoms with E-state index in [4.69, 9.17) is 0 Å². The van der Waals surface area contributed by atoms with Gasteiger partial charge in [-0.25, -0.2) is 9.69 Å². The highest BCUT2D eigenvalue weighted by Crippen LogP contribution is 2.44. The second-order valence-electron chi connectivity index (χ2n) is 6.03. The molecular weight excluding hydrogens is 320 g/mol. The summed E-state index contributed by atoms with van der Waals surface area (Å²) in [5.41, 5.74) is -0.447. The first-order valence-corrected chi connectivity index (χ1v) is 8.06. The smallest absolute Gasteiger partial charge is 0.332 e. The van der Waals surface area contributed by atoms with Gasteiger partial charge in [0.2, 0.25) is 0 Å². The molecule has 3 rings (SSSR count). The minimum Gasteiger partial charge on any atom is -0.374 e. The maximum atomic E-state index is 13.4.